The number of methoxy groups -OCH3 is 1. The van der Waals surface area contributed by atoms with Crippen molar-refractivity contribution in [2.24, 2.45) is 5.92 Å². The average molecular weight is 728 g/mol. The van der Waals surface area contributed by atoms with Crippen molar-refractivity contribution in [3.63, 3.8) is 0 Å². The third-order valence-corrected chi connectivity index (χ3v) is 16.6. The Bertz CT molecular complexity index is 1730. The molecule has 0 aromatic heterocycles. The molecule has 5 atom stereocenters. The van der Waals surface area contributed by atoms with Crippen molar-refractivity contribution in [1.29, 1.82) is 0 Å². The van der Waals surface area contributed by atoms with Gasteiger partial charge < -0.3 is 29.3 Å². The molecule has 3 saturated heterocycles. The molecule has 0 radical (unpaired) electrons. The molecule has 0 aliphatic carbocycles. The number of benzene rings is 2. The van der Waals surface area contributed by atoms with Gasteiger partial charge in [0.05, 0.1) is 46.0 Å². The van der Waals surface area contributed by atoms with Crippen molar-refractivity contribution in [3.05, 3.63) is 71.3 Å². The van der Waals surface area contributed by atoms with Gasteiger partial charge in [-0.2, -0.15) is 0 Å². The van der Waals surface area contributed by atoms with E-state index < -0.39 is 19.8 Å². The zero-order valence-corrected chi connectivity index (χ0v) is 33.1. The minimum Gasteiger partial charge on any atom is -0.497 e. The quantitative estimate of drug-likeness (QED) is 0.199. The van der Waals surface area contributed by atoms with Gasteiger partial charge in [-0.3, -0.25) is 14.4 Å². The first-order valence-corrected chi connectivity index (χ1v) is 22.2. The molecule has 4 aliphatic heterocycles. The van der Waals surface area contributed by atoms with Crippen molar-refractivity contribution >= 4 is 42.4 Å². The molecule has 4 heterocycles. The number of nitrogens with zero attached hydrogens (tertiary/aromatic N) is 3. The molecule has 0 bridgehead atoms. The maximum absolute atomic E-state index is 15.2. The van der Waals surface area contributed by atoms with Crippen LogP contribution in [0.1, 0.15) is 78.2 Å². The maximum atomic E-state index is 15.2. The van der Waals surface area contributed by atoms with Gasteiger partial charge in [-0.05, 0) is 88.7 Å². The molecule has 3 amide bonds. The first-order valence-electron chi connectivity index (χ1n) is 19.1. The first kappa shape index (κ1) is 38.0. The van der Waals surface area contributed by atoms with Crippen molar-refractivity contribution in [1.82, 2.24) is 4.90 Å². The Hall–Kier alpha value is -3.73. The average Bonchev–Trinajstić information content (AvgIpc) is 3.89. The van der Waals surface area contributed by atoms with E-state index in [1.165, 1.54) is 16.3 Å². The number of anilines is 2. The molecular formula is C42H57N3O6Si. The Balaban J connectivity index is 1.44. The lowest BCUT2D eigenvalue weighted by molar-refractivity contribution is -0.149. The number of allylic oxidation sites excluding steroid dienone is 3. The third-order valence-electron chi connectivity index (χ3n) is 12.2. The molecule has 0 unspecified atom stereocenters. The second-order valence-corrected chi connectivity index (χ2v) is 20.8. The first-order chi connectivity index (χ1) is 24.8. The van der Waals surface area contributed by atoms with Gasteiger partial charge in [-0.15, -0.1) is 0 Å². The molecule has 10 heteroatoms. The highest BCUT2D eigenvalue weighted by molar-refractivity contribution is 6.91. The SMILES string of the molecule is COc1ccc([Si](C)(C)[C@@H]2[C@@H](CC(=O)N3CCC[C@H]3CO)O[C@]3(C(=O)N(C/C=C(\C)CCC=C(C)C)c4ccc(N5CCCC5=O)cc43)[C@H]2C)cc1. The fourth-order valence-electron chi connectivity index (χ4n) is 9.35. The van der Waals surface area contributed by atoms with E-state index in [2.05, 4.69) is 65.1 Å². The van der Waals surface area contributed by atoms with Gasteiger partial charge in [-0.25, -0.2) is 0 Å². The molecule has 1 spiro atoms. The van der Waals surface area contributed by atoms with Crippen LogP contribution in [-0.4, -0.2) is 81.3 Å². The molecule has 2 aromatic carbocycles. The Morgan fingerprint density at radius 2 is 1.81 bits per heavy atom. The fraction of sp³-hybridized carbons (Fsp3) is 0.548. The summed E-state index contributed by atoms with van der Waals surface area (Å²) in [7, 11) is -0.811. The second-order valence-electron chi connectivity index (χ2n) is 16.1. The summed E-state index contributed by atoms with van der Waals surface area (Å²) in [6.45, 7) is 14.7. The molecule has 2 aromatic rings. The number of likely N-dealkylation sites (tertiary alicyclic amines) is 1. The highest BCUT2D eigenvalue weighted by Crippen LogP contribution is 2.60. The van der Waals surface area contributed by atoms with E-state index in [9.17, 15) is 14.7 Å². The largest absolute Gasteiger partial charge is 0.497 e. The van der Waals surface area contributed by atoms with E-state index in [-0.39, 0.29) is 48.3 Å². The van der Waals surface area contributed by atoms with Crippen LogP contribution in [0.5, 0.6) is 5.75 Å². The van der Waals surface area contributed by atoms with Crippen LogP contribution in [0.15, 0.2) is 65.8 Å². The lowest BCUT2D eigenvalue weighted by atomic mass is 9.82. The van der Waals surface area contributed by atoms with Gasteiger partial charge >= 0.3 is 0 Å². The summed E-state index contributed by atoms with van der Waals surface area (Å²) < 4.78 is 12.8. The zero-order valence-electron chi connectivity index (χ0n) is 32.1. The van der Waals surface area contributed by atoms with Gasteiger partial charge in [0.15, 0.2) is 5.60 Å². The molecule has 4 aliphatic rings. The number of hydrogen-bond donors (Lipinski definition) is 1. The highest BCUT2D eigenvalue weighted by Gasteiger charge is 2.66. The van der Waals surface area contributed by atoms with Crippen LogP contribution >= 0.6 is 0 Å². The van der Waals surface area contributed by atoms with E-state index in [1.807, 2.05) is 45.0 Å². The Morgan fingerprint density at radius 1 is 1.06 bits per heavy atom. The third kappa shape index (κ3) is 6.89. The number of aliphatic hydroxyl groups is 1. The van der Waals surface area contributed by atoms with Crippen molar-refractivity contribution in [3.8, 4) is 5.75 Å². The minimum absolute atomic E-state index is 0.0378. The summed E-state index contributed by atoms with van der Waals surface area (Å²) in [5.41, 5.74) is 3.44. The highest BCUT2D eigenvalue weighted by atomic mass is 28.3. The standard InChI is InChI=1S/C42H57N3O6Si/c1-28(2)11-8-12-29(3)21-24-45-36-20-15-31(43-23-10-14-38(43)47)25-35(36)42(41(45)49)30(4)40(52(6,7)34-18-16-33(50-5)17-19-34)37(51-42)26-39(48)44-22-9-13-32(44)27-46/h11,15-21,25,30,32,37,40,46H,8-10,12-14,22-24,26-27H2,1-7H3/b29-21+/t30-,32-,37+,40-,42+/m0/s1. The van der Waals surface area contributed by atoms with E-state index in [4.69, 9.17) is 9.47 Å². The molecule has 6 rings (SSSR count). The summed E-state index contributed by atoms with van der Waals surface area (Å²) in [6.07, 6.45) is 8.80. The number of carbonyl (C=O) groups is 3. The fourth-order valence-corrected chi connectivity index (χ4v) is 13.4. The normalized spacial score (nSPS) is 26.2. The van der Waals surface area contributed by atoms with Gasteiger partial charge in [0.2, 0.25) is 11.8 Å². The molecular weight excluding hydrogens is 671 g/mol. The van der Waals surface area contributed by atoms with E-state index in [0.29, 0.717) is 26.1 Å². The second kappa shape index (κ2) is 15.3. The number of rotatable bonds is 12. The van der Waals surface area contributed by atoms with Gasteiger partial charge in [0.1, 0.15) is 5.75 Å². The monoisotopic (exact) mass is 727 g/mol. The minimum atomic E-state index is -2.47. The number of fused-ring (bicyclic) bond motifs is 2. The number of ether oxygens (including phenoxy) is 2. The van der Waals surface area contributed by atoms with Crippen molar-refractivity contribution in [2.75, 3.05) is 43.2 Å². The van der Waals surface area contributed by atoms with Gasteiger partial charge in [-0.1, -0.05) is 60.6 Å². The van der Waals surface area contributed by atoms with E-state index in [0.717, 1.165) is 54.8 Å². The van der Waals surface area contributed by atoms with Crippen LogP contribution < -0.4 is 19.7 Å². The van der Waals surface area contributed by atoms with Gasteiger partial charge in [0.25, 0.3) is 5.91 Å². The number of hydrogen-bond acceptors (Lipinski definition) is 6. The van der Waals surface area contributed by atoms with Crippen LogP contribution in [0.2, 0.25) is 18.6 Å². The Kier molecular flexibility index (Phi) is 11.2. The van der Waals surface area contributed by atoms with E-state index in [1.54, 1.807) is 7.11 Å². The maximum Gasteiger partial charge on any atom is 0.264 e. The molecule has 52 heavy (non-hydrogen) atoms. The van der Waals surface area contributed by atoms with Crippen LogP contribution in [0.25, 0.3) is 0 Å². The molecule has 280 valence electrons. The van der Waals surface area contributed by atoms with Gasteiger partial charge in [0, 0.05) is 43.2 Å². The predicted octanol–water partition coefficient (Wildman–Crippen LogP) is 6.45. The van der Waals surface area contributed by atoms with Crippen molar-refractivity contribution in [2.45, 2.75) is 109 Å². The Morgan fingerprint density at radius 3 is 2.46 bits per heavy atom. The smallest absolute Gasteiger partial charge is 0.264 e. The molecule has 1 N–H and O–H groups in total. The summed E-state index contributed by atoms with van der Waals surface area (Å²) in [4.78, 5) is 47.8. The van der Waals surface area contributed by atoms with Crippen LogP contribution in [0.3, 0.4) is 0 Å². The number of aliphatic hydroxyl groups excluding tert-OH is 1. The Labute approximate surface area is 310 Å². The zero-order chi connectivity index (χ0) is 37.4. The van der Waals surface area contributed by atoms with Crippen LogP contribution in [0.4, 0.5) is 11.4 Å². The number of carbonyl (C=O) groups excluding carboxylic acids is 3. The van der Waals surface area contributed by atoms with E-state index >= 15 is 4.79 Å². The summed E-state index contributed by atoms with van der Waals surface area (Å²) in [6, 6.07) is 14.0. The van der Waals surface area contributed by atoms with Crippen LogP contribution in [-0.2, 0) is 24.7 Å². The molecule has 3 fully saturated rings. The lowest BCUT2D eigenvalue weighted by Crippen LogP contribution is -2.52. The number of amides is 3. The summed E-state index contributed by atoms with van der Waals surface area (Å²) >= 11 is 0. The summed E-state index contributed by atoms with van der Waals surface area (Å²) in [5, 5.41) is 11.3. The van der Waals surface area contributed by atoms with Crippen molar-refractivity contribution < 1.29 is 29.0 Å². The predicted molar refractivity (Wildman–Crippen MR) is 209 cm³/mol. The van der Waals surface area contributed by atoms with Crippen LogP contribution in [0, 0.1) is 5.92 Å². The lowest BCUT2D eigenvalue weighted by Gasteiger charge is -2.37. The molecule has 9 nitrogen and oxygen atoms in total. The molecule has 0 saturated carbocycles. The topological polar surface area (TPSA) is 99.6 Å². The summed E-state index contributed by atoms with van der Waals surface area (Å²) in [5.74, 6) is 0.445.